The maximum atomic E-state index is 5.30. The fraction of sp³-hybridized carbons (Fsp3) is 0.0566. The van der Waals surface area contributed by atoms with Crippen LogP contribution in [-0.4, -0.2) is 14.5 Å². The van der Waals surface area contributed by atoms with Crippen LogP contribution in [0.25, 0.3) is 94.4 Å². The SMILES string of the molecule is CC1(C)c2cc3ccccc3cc2-c2c(-c3cc(-c4ccc(-c5ccccc5-n5c6ccccc6c6ccccc65)cc4)nc(-c4ccccc4)n3)cccc21. The summed E-state index contributed by atoms with van der Waals surface area (Å²) in [6, 6.07) is 67.6. The average molecular weight is 716 g/mol. The molecule has 0 radical (unpaired) electrons. The minimum atomic E-state index is -0.145. The Kier molecular flexibility index (Phi) is 7.20. The van der Waals surface area contributed by atoms with E-state index in [-0.39, 0.29) is 5.41 Å². The van der Waals surface area contributed by atoms with Crippen LogP contribution >= 0.6 is 0 Å². The molecule has 264 valence electrons. The number of fused-ring (bicyclic) bond motifs is 7. The van der Waals surface area contributed by atoms with Gasteiger partial charge in [0.15, 0.2) is 5.82 Å². The first-order chi connectivity index (χ1) is 27.5. The van der Waals surface area contributed by atoms with Crippen molar-refractivity contribution in [3.63, 3.8) is 0 Å². The second-order valence-corrected chi connectivity index (χ2v) is 15.4. The third-order valence-electron chi connectivity index (χ3n) is 11.8. The van der Waals surface area contributed by atoms with Crippen LogP contribution in [0.5, 0.6) is 0 Å². The molecule has 0 aliphatic heterocycles. The highest BCUT2D eigenvalue weighted by Crippen LogP contribution is 2.53. The van der Waals surface area contributed by atoms with Gasteiger partial charge in [-0.15, -0.1) is 0 Å². The van der Waals surface area contributed by atoms with Gasteiger partial charge in [0.1, 0.15) is 0 Å². The highest BCUT2D eigenvalue weighted by atomic mass is 15.0. The van der Waals surface area contributed by atoms with E-state index >= 15 is 0 Å². The van der Waals surface area contributed by atoms with Crippen molar-refractivity contribution in [2.45, 2.75) is 19.3 Å². The standard InChI is InChI=1S/C53H37N3/c1-53(2)44-23-14-22-42(51(44)43-31-37-17-6-7-18-38(37)32-45(43)53)47-33-46(54-52(55-47)36-15-4-3-5-16-36)35-29-27-34(28-30-35)39-19-8-11-24-48(39)56-49-25-12-9-20-40(49)41-21-10-13-26-50(41)56/h3-33H,1-2H3. The highest BCUT2D eigenvalue weighted by Gasteiger charge is 2.37. The van der Waals surface area contributed by atoms with Crippen molar-refractivity contribution < 1.29 is 0 Å². The number of aromatic nitrogens is 3. The minimum absolute atomic E-state index is 0.145. The third kappa shape index (κ3) is 4.98. The summed E-state index contributed by atoms with van der Waals surface area (Å²) in [6.45, 7) is 4.69. The molecule has 56 heavy (non-hydrogen) atoms. The molecule has 0 bridgehead atoms. The lowest BCUT2D eigenvalue weighted by atomic mass is 9.81. The summed E-state index contributed by atoms with van der Waals surface area (Å²) in [6.07, 6.45) is 0. The second-order valence-electron chi connectivity index (χ2n) is 15.4. The molecular formula is C53H37N3. The van der Waals surface area contributed by atoms with E-state index in [1.54, 1.807) is 0 Å². The largest absolute Gasteiger partial charge is 0.309 e. The van der Waals surface area contributed by atoms with Crippen LogP contribution in [0, 0.1) is 0 Å². The maximum absolute atomic E-state index is 5.30. The van der Waals surface area contributed by atoms with Gasteiger partial charge in [-0.25, -0.2) is 9.97 Å². The number of benzene rings is 8. The molecular weight excluding hydrogens is 679 g/mol. The van der Waals surface area contributed by atoms with Crippen LogP contribution in [0.2, 0.25) is 0 Å². The normalized spacial score (nSPS) is 13.0. The van der Waals surface area contributed by atoms with Gasteiger partial charge in [-0.3, -0.25) is 0 Å². The summed E-state index contributed by atoms with van der Waals surface area (Å²) >= 11 is 0. The predicted molar refractivity (Wildman–Crippen MR) is 233 cm³/mol. The number of hydrogen-bond donors (Lipinski definition) is 0. The van der Waals surface area contributed by atoms with Gasteiger partial charge in [-0.2, -0.15) is 0 Å². The smallest absolute Gasteiger partial charge is 0.160 e. The van der Waals surface area contributed by atoms with Gasteiger partial charge >= 0.3 is 0 Å². The van der Waals surface area contributed by atoms with E-state index in [9.17, 15) is 0 Å². The van der Waals surface area contributed by atoms with Gasteiger partial charge in [0.2, 0.25) is 0 Å². The van der Waals surface area contributed by atoms with Crippen molar-refractivity contribution in [3.8, 4) is 61.8 Å². The number of para-hydroxylation sites is 3. The Labute approximate surface area is 326 Å². The van der Waals surface area contributed by atoms with E-state index in [4.69, 9.17) is 9.97 Å². The molecule has 8 aromatic carbocycles. The Morgan fingerprint density at radius 2 is 1.00 bits per heavy atom. The van der Waals surface area contributed by atoms with Crippen molar-refractivity contribution in [2.24, 2.45) is 0 Å². The van der Waals surface area contributed by atoms with Crippen molar-refractivity contribution >= 4 is 32.6 Å². The molecule has 3 nitrogen and oxygen atoms in total. The van der Waals surface area contributed by atoms with Gasteiger partial charge in [0.05, 0.1) is 28.1 Å². The first kappa shape index (κ1) is 32.3. The molecule has 2 heterocycles. The van der Waals surface area contributed by atoms with Crippen molar-refractivity contribution in [2.75, 3.05) is 0 Å². The molecule has 1 aliphatic rings. The molecule has 0 fully saturated rings. The van der Waals surface area contributed by atoms with Gasteiger partial charge in [-0.05, 0) is 75.0 Å². The lowest BCUT2D eigenvalue weighted by Gasteiger charge is -2.22. The van der Waals surface area contributed by atoms with Crippen LogP contribution in [-0.2, 0) is 5.41 Å². The summed E-state index contributed by atoms with van der Waals surface area (Å²) < 4.78 is 2.40. The van der Waals surface area contributed by atoms with E-state index in [0.717, 1.165) is 39.3 Å². The van der Waals surface area contributed by atoms with Gasteiger partial charge in [-0.1, -0.05) is 166 Å². The van der Waals surface area contributed by atoms with Gasteiger partial charge < -0.3 is 4.57 Å². The lowest BCUT2D eigenvalue weighted by Crippen LogP contribution is -2.14. The van der Waals surface area contributed by atoms with Crippen LogP contribution in [0.3, 0.4) is 0 Å². The lowest BCUT2D eigenvalue weighted by molar-refractivity contribution is 0.661. The molecule has 2 aromatic heterocycles. The first-order valence-electron chi connectivity index (χ1n) is 19.3. The Bertz CT molecular complexity index is 3100. The quantitative estimate of drug-likeness (QED) is 0.178. The fourth-order valence-electron chi connectivity index (χ4n) is 9.05. The van der Waals surface area contributed by atoms with E-state index in [2.05, 4.69) is 200 Å². The van der Waals surface area contributed by atoms with Gasteiger partial charge in [0, 0.05) is 38.4 Å². The van der Waals surface area contributed by atoms with Crippen LogP contribution in [0.1, 0.15) is 25.0 Å². The first-order valence-corrected chi connectivity index (χ1v) is 19.3. The zero-order valence-corrected chi connectivity index (χ0v) is 31.2. The number of hydrogen-bond acceptors (Lipinski definition) is 2. The van der Waals surface area contributed by atoms with Crippen molar-refractivity contribution in [1.29, 1.82) is 0 Å². The number of rotatable bonds is 5. The zero-order chi connectivity index (χ0) is 37.4. The Morgan fingerprint density at radius 3 is 1.75 bits per heavy atom. The van der Waals surface area contributed by atoms with E-state index in [1.165, 1.54) is 60.4 Å². The molecule has 0 amide bonds. The summed E-state index contributed by atoms with van der Waals surface area (Å²) in [5, 5.41) is 5.03. The molecule has 0 atom stereocenters. The van der Waals surface area contributed by atoms with E-state index in [1.807, 2.05) is 6.07 Å². The zero-order valence-electron chi connectivity index (χ0n) is 31.2. The third-order valence-corrected chi connectivity index (χ3v) is 11.8. The molecule has 0 spiro atoms. The Hall–Kier alpha value is -7.10. The summed E-state index contributed by atoms with van der Waals surface area (Å²) in [5.41, 5.74) is 15.9. The second kappa shape index (κ2) is 12.5. The topological polar surface area (TPSA) is 30.7 Å². The van der Waals surface area contributed by atoms with Crippen molar-refractivity contribution in [3.05, 3.63) is 199 Å². The van der Waals surface area contributed by atoms with Gasteiger partial charge in [0.25, 0.3) is 0 Å². The Morgan fingerprint density at radius 1 is 0.411 bits per heavy atom. The molecule has 0 saturated carbocycles. The molecule has 1 aliphatic carbocycles. The highest BCUT2D eigenvalue weighted by molar-refractivity contribution is 6.09. The molecule has 0 N–H and O–H groups in total. The number of nitrogens with zero attached hydrogens (tertiary/aromatic N) is 3. The maximum Gasteiger partial charge on any atom is 0.160 e. The van der Waals surface area contributed by atoms with Crippen LogP contribution in [0.4, 0.5) is 0 Å². The molecule has 3 heteroatoms. The van der Waals surface area contributed by atoms with Crippen LogP contribution in [0.15, 0.2) is 188 Å². The summed E-state index contributed by atoms with van der Waals surface area (Å²) in [7, 11) is 0. The molecule has 10 aromatic rings. The molecule has 11 rings (SSSR count). The fourth-order valence-corrected chi connectivity index (χ4v) is 9.05. The van der Waals surface area contributed by atoms with E-state index in [0.29, 0.717) is 5.82 Å². The van der Waals surface area contributed by atoms with E-state index < -0.39 is 0 Å². The minimum Gasteiger partial charge on any atom is -0.309 e. The van der Waals surface area contributed by atoms with Crippen molar-refractivity contribution in [1.82, 2.24) is 14.5 Å². The average Bonchev–Trinajstić information content (AvgIpc) is 3.71. The monoisotopic (exact) mass is 715 g/mol. The van der Waals surface area contributed by atoms with Crippen LogP contribution < -0.4 is 0 Å². The Balaban J connectivity index is 1.06. The summed E-state index contributed by atoms with van der Waals surface area (Å²) in [4.78, 5) is 10.5. The predicted octanol–water partition coefficient (Wildman–Crippen LogP) is 13.7. The molecule has 0 saturated heterocycles. The summed E-state index contributed by atoms with van der Waals surface area (Å²) in [5.74, 6) is 0.715. The molecule has 0 unspecified atom stereocenters.